The molecule has 0 saturated carbocycles. The van der Waals surface area contributed by atoms with Crippen LogP contribution in [0, 0.1) is 0 Å². The maximum atomic E-state index is 11.6. The van der Waals surface area contributed by atoms with Crippen molar-refractivity contribution in [1.29, 1.82) is 0 Å². The molecule has 1 amide bonds. The standard InChI is InChI=1S/C11H24N2O/c1-3-5-6-8-11(14)13(4-2)10-7-9-12/h3-10,12H2,1-2H3. The third-order valence-electron chi connectivity index (χ3n) is 2.36. The number of carbonyl (C=O) groups is 1. The fourth-order valence-corrected chi connectivity index (χ4v) is 1.43. The summed E-state index contributed by atoms with van der Waals surface area (Å²) in [6.45, 7) is 6.46. The summed E-state index contributed by atoms with van der Waals surface area (Å²) >= 11 is 0. The van der Waals surface area contributed by atoms with Crippen molar-refractivity contribution in [2.45, 2.75) is 46.0 Å². The molecule has 0 aromatic carbocycles. The fraction of sp³-hybridized carbons (Fsp3) is 0.909. The smallest absolute Gasteiger partial charge is 0.222 e. The summed E-state index contributed by atoms with van der Waals surface area (Å²) in [6.07, 6.45) is 4.95. The van der Waals surface area contributed by atoms with E-state index in [2.05, 4.69) is 6.92 Å². The highest BCUT2D eigenvalue weighted by atomic mass is 16.2. The van der Waals surface area contributed by atoms with Gasteiger partial charge in [-0.25, -0.2) is 0 Å². The van der Waals surface area contributed by atoms with E-state index in [1.54, 1.807) is 0 Å². The average molecular weight is 200 g/mol. The van der Waals surface area contributed by atoms with Gasteiger partial charge in [-0.15, -0.1) is 0 Å². The highest BCUT2D eigenvalue weighted by molar-refractivity contribution is 5.76. The number of rotatable bonds is 8. The monoisotopic (exact) mass is 200 g/mol. The Kier molecular flexibility index (Phi) is 8.64. The Labute approximate surface area is 87.6 Å². The molecule has 0 saturated heterocycles. The van der Waals surface area contributed by atoms with Crippen molar-refractivity contribution in [3.8, 4) is 0 Å². The van der Waals surface area contributed by atoms with Crippen LogP contribution in [0.5, 0.6) is 0 Å². The summed E-state index contributed by atoms with van der Waals surface area (Å²) in [7, 11) is 0. The molecule has 0 heterocycles. The Hall–Kier alpha value is -0.570. The zero-order chi connectivity index (χ0) is 10.8. The summed E-state index contributed by atoms with van der Waals surface area (Å²) < 4.78 is 0. The van der Waals surface area contributed by atoms with Gasteiger partial charge in [0.2, 0.25) is 5.91 Å². The number of hydrogen-bond acceptors (Lipinski definition) is 2. The molecule has 14 heavy (non-hydrogen) atoms. The summed E-state index contributed by atoms with van der Waals surface area (Å²) in [6, 6.07) is 0. The van der Waals surface area contributed by atoms with Crippen LogP contribution in [0.2, 0.25) is 0 Å². The number of amides is 1. The highest BCUT2D eigenvalue weighted by Gasteiger charge is 2.09. The van der Waals surface area contributed by atoms with E-state index in [1.165, 1.54) is 6.42 Å². The molecule has 0 unspecified atom stereocenters. The minimum Gasteiger partial charge on any atom is -0.343 e. The molecule has 3 heteroatoms. The Morgan fingerprint density at radius 2 is 1.93 bits per heavy atom. The molecule has 0 aliphatic carbocycles. The molecule has 2 N–H and O–H groups in total. The molecule has 0 aliphatic rings. The molecule has 0 aromatic rings. The maximum Gasteiger partial charge on any atom is 0.222 e. The van der Waals surface area contributed by atoms with Gasteiger partial charge in [0, 0.05) is 19.5 Å². The van der Waals surface area contributed by atoms with E-state index < -0.39 is 0 Å². The number of carbonyl (C=O) groups excluding carboxylic acids is 1. The molecule has 0 fully saturated rings. The van der Waals surface area contributed by atoms with Gasteiger partial charge < -0.3 is 10.6 Å². The van der Waals surface area contributed by atoms with Crippen LogP contribution in [0.15, 0.2) is 0 Å². The Morgan fingerprint density at radius 1 is 1.21 bits per heavy atom. The van der Waals surface area contributed by atoms with E-state index >= 15 is 0 Å². The van der Waals surface area contributed by atoms with Crippen LogP contribution in [0.1, 0.15) is 46.0 Å². The van der Waals surface area contributed by atoms with E-state index in [9.17, 15) is 4.79 Å². The maximum absolute atomic E-state index is 11.6. The molecule has 0 rings (SSSR count). The van der Waals surface area contributed by atoms with Gasteiger partial charge in [0.15, 0.2) is 0 Å². The van der Waals surface area contributed by atoms with Crippen LogP contribution < -0.4 is 5.73 Å². The summed E-state index contributed by atoms with van der Waals surface area (Å²) in [5.74, 6) is 0.286. The van der Waals surface area contributed by atoms with Gasteiger partial charge in [-0.2, -0.15) is 0 Å². The lowest BCUT2D eigenvalue weighted by Gasteiger charge is -2.20. The summed E-state index contributed by atoms with van der Waals surface area (Å²) in [4.78, 5) is 13.5. The van der Waals surface area contributed by atoms with Crippen molar-refractivity contribution in [2.75, 3.05) is 19.6 Å². The average Bonchev–Trinajstić information content (AvgIpc) is 2.19. The van der Waals surface area contributed by atoms with Gasteiger partial charge in [0.05, 0.1) is 0 Å². The third kappa shape index (κ3) is 5.97. The van der Waals surface area contributed by atoms with E-state index in [-0.39, 0.29) is 5.91 Å². The molecular weight excluding hydrogens is 176 g/mol. The SMILES string of the molecule is CCCCCC(=O)N(CC)CCCN. The summed E-state index contributed by atoms with van der Waals surface area (Å²) in [5, 5.41) is 0. The van der Waals surface area contributed by atoms with Crippen molar-refractivity contribution in [2.24, 2.45) is 5.73 Å². The normalized spacial score (nSPS) is 10.2. The quantitative estimate of drug-likeness (QED) is 0.607. The van der Waals surface area contributed by atoms with E-state index in [0.29, 0.717) is 13.0 Å². The molecule has 0 bridgehead atoms. The van der Waals surface area contributed by atoms with Crippen LogP contribution in [-0.2, 0) is 4.79 Å². The minimum atomic E-state index is 0.286. The number of nitrogens with zero attached hydrogens (tertiary/aromatic N) is 1. The largest absolute Gasteiger partial charge is 0.343 e. The first-order valence-corrected chi connectivity index (χ1v) is 5.74. The van der Waals surface area contributed by atoms with E-state index in [4.69, 9.17) is 5.73 Å². The van der Waals surface area contributed by atoms with Crippen LogP contribution in [-0.4, -0.2) is 30.4 Å². The first kappa shape index (κ1) is 13.4. The molecule has 0 atom stereocenters. The predicted molar refractivity (Wildman–Crippen MR) is 60.1 cm³/mol. The zero-order valence-electron chi connectivity index (χ0n) is 9.59. The van der Waals surface area contributed by atoms with Crippen LogP contribution >= 0.6 is 0 Å². The van der Waals surface area contributed by atoms with Crippen molar-refractivity contribution < 1.29 is 4.79 Å². The van der Waals surface area contributed by atoms with Crippen LogP contribution in [0.4, 0.5) is 0 Å². The second kappa shape index (κ2) is 9.00. The second-order valence-electron chi connectivity index (χ2n) is 3.57. The Bertz CT molecular complexity index is 148. The zero-order valence-corrected chi connectivity index (χ0v) is 9.59. The number of hydrogen-bond donors (Lipinski definition) is 1. The van der Waals surface area contributed by atoms with Crippen LogP contribution in [0.25, 0.3) is 0 Å². The van der Waals surface area contributed by atoms with Crippen molar-refractivity contribution in [3.63, 3.8) is 0 Å². The van der Waals surface area contributed by atoms with Gasteiger partial charge in [-0.3, -0.25) is 4.79 Å². The number of unbranched alkanes of at least 4 members (excludes halogenated alkanes) is 2. The Balaban J connectivity index is 3.67. The lowest BCUT2D eigenvalue weighted by molar-refractivity contribution is -0.131. The van der Waals surface area contributed by atoms with E-state index in [1.807, 2.05) is 11.8 Å². The first-order chi connectivity index (χ1) is 6.76. The van der Waals surface area contributed by atoms with Gasteiger partial charge in [0.25, 0.3) is 0 Å². The van der Waals surface area contributed by atoms with Crippen LogP contribution in [0.3, 0.4) is 0 Å². The van der Waals surface area contributed by atoms with Crippen molar-refractivity contribution in [3.05, 3.63) is 0 Å². The lowest BCUT2D eigenvalue weighted by Crippen LogP contribution is -2.32. The summed E-state index contributed by atoms with van der Waals surface area (Å²) in [5.41, 5.74) is 5.42. The van der Waals surface area contributed by atoms with Gasteiger partial charge in [0.1, 0.15) is 0 Å². The van der Waals surface area contributed by atoms with Crippen molar-refractivity contribution >= 4 is 5.91 Å². The fourth-order valence-electron chi connectivity index (χ4n) is 1.43. The minimum absolute atomic E-state index is 0.286. The van der Waals surface area contributed by atoms with Gasteiger partial charge in [-0.05, 0) is 26.3 Å². The van der Waals surface area contributed by atoms with Crippen molar-refractivity contribution in [1.82, 2.24) is 4.90 Å². The molecule has 0 radical (unpaired) electrons. The van der Waals surface area contributed by atoms with E-state index in [0.717, 1.165) is 32.4 Å². The van der Waals surface area contributed by atoms with Gasteiger partial charge >= 0.3 is 0 Å². The molecular formula is C11H24N2O. The molecule has 0 aromatic heterocycles. The lowest BCUT2D eigenvalue weighted by atomic mass is 10.2. The van der Waals surface area contributed by atoms with Gasteiger partial charge in [-0.1, -0.05) is 19.8 Å². The molecule has 3 nitrogen and oxygen atoms in total. The number of nitrogens with two attached hydrogens (primary N) is 1. The Morgan fingerprint density at radius 3 is 2.43 bits per heavy atom. The first-order valence-electron chi connectivity index (χ1n) is 5.74. The third-order valence-corrected chi connectivity index (χ3v) is 2.36. The predicted octanol–water partition coefficient (Wildman–Crippen LogP) is 1.76. The molecule has 0 spiro atoms. The topological polar surface area (TPSA) is 46.3 Å². The second-order valence-corrected chi connectivity index (χ2v) is 3.57. The highest BCUT2D eigenvalue weighted by Crippen LogP contribution is 2.03. The molecule has 84 valence electrons. The molecule has 0 aliphatic heterocycles.